The van der Waals surface area contributed by atoms with Crippen molar-refractivity contribution in [1.29, 1.82) is 0 Å². The van der Waals surface area contributed by atoms with Crippen molar-refractivity contribution in [3.05, 3.63) is 43.5 Å². The monoisotopic (exact) mass is 391 g/mol. The Hall–Kier alpha value is -1.77. The Balaban J connectivity index is 1.46. The average Bonchev–Trinajstić information content (AvgIpc) is 3.32. The molecule has 8 heteroatoms. The molecule has 5 nitrogen and oxygen atoms in total. The summed E-state index contributed by atoms with van der Waals surface area (Å²) in [7, 11) is 1.79. The maximum atomic E-state index is 4.55. The molecule has 0 radical (unpaired) electrons. The van der Waals surface area contributed by atoms with E-state index >= 15 is 0 Å². The van der Waals surface area contributed by atoms with Gasteiger partial charge in [-0.25, -0.2) is 9.97 Å². The summed E-state index contributed by atoms with van der Waals surface area (Å²) in [5.41, 5.74) is 1.09. The van der Waals surface area contributed by atoms with E-state index in [1.165, 1.54) is 14.6 Å². The standard InChI is InChI=1S/C17H21N5S3/c1-11-8-20-16(24-11)9-21-17(18-3)19-7-6-13-4-5-15(25-13)14-10-23-12(2)22-14/h4-5,8,10H,6-7,9H2,1-3H3,(H2,18,19,21). The SMILES string of the molecule is CN=C(NCCc1ccc(-c2csc(C)n2)s1)NCc1ncc(C)s1. The van der Waals surface area contributed by atoms with Crippen molar-refractivity contribution in [2.24, 2.45) is 4.99 Å². The Kier molecular flexibility index (Phi) is 6.17. The van der Waals surface area contributed by atoms with Crippen LogP contribution < -0.4 is 10.6 Å². The molecule has 0 aliphatic heterocycles. The minimum atomic E-state index is 0.699. The van der Waals surface area contributed by atoms with E-state index in [9.17, 15) is 0 Å². The van der Waals surface area contributed by atoms with Gasteiger partial charge in [0.25, 0.3) is 0 Å². The maximum absolute atomic E-state index is 4.55. The molecule has 0 aliphatic rings. The lowest BCUT2D eigenvalue weighted by Gasteiger charge is -2.10. The third-order valence-corrected chi connectivity index (χ3v) is 6.35. The summed E-state index contributed by atoms with van der Waals surface area (Å²) < 4.78 is 0. The molecule has 0 spiro atoms. The van der Waals surface area contributed by atoms with Crippen molar-refractivity contribution >= 4 is 40.0 Å². The first-order valence-electron chi connectivity index (χ1n) is 8.01. The molecule has 132 valence electrons. The number of guanidine groups is 1. The van der Waals surface area contributed by atoms with Crippen molar-refractivity contribution in [3.63, 3.8) is 0 Å². The van der Waals surface area contributed by atoms with Gasteiger partial charge in [0, 0.05) is 34.9 Å². The van der Waals surface area contributed by atoms with E-state index in [1.807, 2.05) is 24.5 Å². The zero-order chi connectivity index (χ0) is 17.6. The van der Waals surface area contributed by atoms with Gasteiger partial charge in [-0.3, -0.25) is 4.99 Å². The largest absolute Gasteiger partial charge is 0.356 e. The highest BCUT2D eigenvalue weighted by Gasteiger charge is 2.07. The molecule has 3 rings (SSSR count). The number of aliphatic imine (C=N–C) groups is 1. The molecule has 3 aromatic heterocycles. The summed E-state index contributed by atoms with van der Waals surface area (Å²) in [5.74, 6) is 0.805. The second-order valence-corrected chi connectivity index (χ2v) is 9.03. The van der Waals surface area contributed by atoms with Gasteiger partial charge < -0.3 is 10.6 Å². The molecule has 0 saturated heterocycles. The van der Waals surface area contributed by atoms with E-state index in [2.05, 4.69) is 50.0 Å². The summed E-state index contributed by atoms with van der Waals surface area (Å²) in [4.78, 5) is 17.0. The van der Waals surface area contributed by atoms with Crippen LogP contribution in [-0.4, -0.2) is 29.5 Å². The Morgan fingerprint density at radius 3 is 2.76 bits per heavy atom. The van der Waals surface area contributed by atoms with Gasteiger partial charge in [-0.2, -0.15) is 0 Å². The van der Waals surface area contributed by atoms with Crippen LogP contribution in [0, 0.1) is 13.8 Å². The number of thiazole rings is 2. The van der Waals surface area contributed by atoms with Gasteiger partial charge in [-0.05, 0) is 32.4 Å². The van der Waals surface area contributed by atoms with Crippen molar-refractivity contribution < 1.29 is 0 Å². The molecular formula is C17H21N5S3. The summed E-state index contributed by atoms with van der Waals surface area (Å²) in [6, 6.07) is 4.34. The first kappa shape index (κ1) is 18.0. The van der Waals surface area contributed by atoms with Gasteiger partial charge in [-0.15, -0.1) is 34.0 Å². The van der Waals surface area contributed by atoms with Gasteiger partial charge in [0.1, 0.15) is 5.01 Å². The van der Waals surface area contributed by atoms with Crippen LogP contribution in [0.4, 0.5) is 0 Å². The molecule has 0 amide bonds. The van der Waals surface area contributed by atoms with Crippen molar-refractivity contribution in [3.8, 4) is 10.6 Å². The van der Waals surface area contributed by atoms with Gasteiger partial charge >= 0.3 is 0 Å². The zero-order valence-electron chi connectivity index (χ0n) is 14.5. The van der Waals surface area contributed by atoms with E-state index in [0.717, 1.165) is 34.6 Å². The normalized spacial score (nSPS) is 11.7. The van der Waals surface area contributed by atoms with Crippen molar-refractivity contribution in [2.75, 3.05) is 13.6 Å². The predicted octanol–water partition coefficient (Wildman–Crippen LogP) is 3.85. The van der Waals surface area contributed by atoms with E-state index in [4.69, 9.17) is 0 Å². The van der Waals surface area contributed by atoms with Gasteiger partial charge in [0.15, 0.2) is 5.96 Å². The highest BCUT2D eigenvalue weighted by Crippen LogP contribution is 2.29. The number of nitrogens with one attached hydrogen (secondary N) is 2. The molecule has 0 saturated carbocycles. The number of rotatable bonds is 6. The molecule has 0 aromatic carbocycles. The summed E-state index contributed by atoms with van der Waals surface area (Å²) >= 11 is 5.20. The van der Waals surface area contributed by atoms with Gasteiger partial charge in [0.2, 0.25) is 0 Å². The molecule has 0 fully saturated rings. The highest BCUT2D eigenvalue weighted by molar-refractivity contribution is 7.16. The molecule has 25 heavy (non-hydrogen) atoms. The highest BCUT2D eigenvalue weighted by atomic mass is 32.1. The van der Waals surface area contributed by atoms with Crippen molar-refractivity contribution in [2.45, 2.75) is 26.8 Å². The van der Waals surface area contributed by atoms with E-state index in [1.54, 1.807) is 29.7 Å². The predicted molar refractivity (Wildman–Crippen MR) is 109 cm³/mol. The van der Waals surface area contributed by atoms with E-state index in [-0.39, 0.29) is 0 Å². The molecule has 3 heterocycles. The van der Waals surface area contributed by atoms with E-state index < -0.39 is 0 Å². The number of aromatic nitrogens is 2. The van der Waals surface area contributed by atoms with Crippen LogP contribution in [-0.2, 0) is 13.0 Å². The van der Waals surface area contributed by atoms with Crippen LogP contribution in [0.2, 0.25) is 0 Å². The first-order chi connectivity index (χ1) is 12.1. The topological polar surface area (TPSA) is 62.2 Å². The Morgan fingerprint density at radius 1 is 1.20 bits per heavy atom. The first-order valence-corrected chi connectivity index (χ1v) is 10.5. The second kappa shape index (κ2) is 8.55. The maximum Gasteiger partial charge on any atom is 0.191 e. The lowest BCUT2D eigenvalue weighted by Crippen LogP contribution is -2.37. The Labute approximate surface area is 159 Å². The molecule has 2 N–H and O–H groups in total. The molecule has 3 aromatic rings. The quantitative estimate of drug-likeness (QED) is 0.495. The van der Waals surface area contributed by atoms with Crippen LogP contribution in [0.3, 0.4) is 0 Å². The number of hydrogen-bond acceptors (Lipinski definition) is 6. The molecule has 0 unspecified atom stereocenters. The number of nitrogens with zero attached hydrogens (tertiary/aromatic N) is 3. The fraction of sp³-hybridized carbons (Fsp3) is 0.353. The molecule has 0 aliphatic carbocycles. The molecular weight excluding hydrogens is 370 g/mol. The molecule has 0 atom stereocenters. The van der Waals surface area contributed by atoms with Crippen LogP contribution in [0.25, 0.3) is 10.6 Å². The van der Waals surface area contributed by atoms with Crippen LogP contribution >= 0.6 is 34.0 Å². The number of hydrogen-bond donors (Lipinski definition) is 2. The van der Waals surface area contributed by atoms with Gasteiger partial charge in [0.05, 0.1) is 22.1 Å². The van der Waals surface area contributed by atoms with Crippen LogP contribution in [0.15, 0.2) is 28.7 Å². The Bertz CT molecular complexity index is 846. The minimum absolute atomic E-state index is 0.699. The van der Waals surface area contributed by atoms with E-state index in [0.29, 0.717) is 6.54 Å². The zero-order valence-corrected chi connectivity index (χ0v) is 16.9. The Morgan fingerprint density at radius 2 is 2.08 bits per heavy atom. The summed E-state index contributed by atoms with van der Waals surface area (Å²) in [6.45, 7) is 5.64. The lowest BCUT2D eigenvalue weighted by atomic mass is 10.3. The fourth-order valence-corrected chi connectivity index (χ4v) is 4.68. The summed E-state index contributed by atoms with van der Waals surface area (Å²) in [6.07, 6.45) is 2.86. The van der Waals surface area contributed by atoms with Crippen LogP contribution in [0.1, 0.15) is 19.8 Å². The average molecular weight is 392 g/mol. The third kappa shape index (κ3) is 5.10. The van der Waals surface area contributed by atoms with Crippen LogP contribution in [0.5, 0.6) is 0 Å². The van der Waals surface area contributed by atoms with Crippen molar-refractivity contribution in [1.82, 2.24) is 20.6 Å². The smallest absolute Gasteiger partial charge is 0.191 e. The third-order valence-electron chi connectivity index (χ3n) is 3.50. The lowest BCUT2D eigenvalue weighted by molar-refractivity contribution is 0.796. The van der Waals surface area contributed by atoms with Gasteiger partial charge in [-0.1, -0.05) is 0 Å². The summed E-state index contributed by atoms with van der Waals surface area (Å²) in [5, 5.41) is 11.0. The fourth-order valence-electron chi connectivity index (χ4n) is 2.29. The number of aryl methyl sites for hydroxylation is 2. The minimum Gasteiger partial charge on any atom is -0.356 e. The molecule has 0 bridgehead atoms. The second-order valence-electron chi connectivity index (χ2n) is 5.48. The number of thiophene rings is 1.